The van der Waals surface area contributed by atoms with Crippen molar-refractivity contribution in [3.8, 4) is 0 Å². The maximum Gasteiger partial charge on any atom is 0.287 e. The summed E-state index contributed by atoms with van der Waals surface area (Å²) >= 11 is 0. The number of amides is 1. The van der Waals surface area contributed by atoms with E-state index in [1.165, 1.54) is 0 Å². The largest absolute Gasteiger partial charge is 0.451 e. The van der Waals surface area contributed by atoms with Gasteiger partial charge in [-0.3, -0.25) is 4.79 Å². The molecule has 5 heteroatoms. The molecule has 0 bridgehead atoms. The Morgan fingerprint density at radius 3 is 2.89 bits per heavy atom. The summed E-state index contributed by atoms with van der Waals surface area (Å²) in [6.45, 7) is 1.78. The number of carbonyl (C=O) groups excluding carboxylic acids is 1. The molecule has 18 heavy (non-hydrogen) atoms. The summed E-state index contributed by atoms with van der Waals surface area (Å²) in [5.41, 5.74) is 6.29. The zero-order valence-electron chi connectivity index (χ0n) is 10.1. The van der Waals surface area contributed by atoms with Crippen molar-refractivity contribution in [1.82, 2.24) is 5.32 Å². The standard InChI is InChI=1S/C13H16N2O3/c1-8(16)10(14)7-15-13(17)12-6-9-4-2-3-5-11(9)18-12/h2-6,8,10,16H,7,14H2,1H3,(H,15,17). The van der Waals surface area contributed by atoms with Crippen molar-refractivity contribution in [3.05, 3.63) is 36.1 Å². The molecule has 0 spiro atoms. The molecule has 0 aliphatic rings. The molecule has 0 saturated carbocycles. The summed E-state index contributed by atoms with van der Waals surface area (Å²) in [6, 6.07) is 8.58. The number of furan rings is 1. The third-order valence-electron chi connectivity index (χ3n) is 2.77. The molecule has 1 heterocycles. The van der Waals surface area contributed by atoms with Gasteiger partial charge in [0.1, 0.15) is 5.58 Å². The van der Waals surface area contributed by atoms with Crippen molar-refractivity contribution in [2.75, 3.05) is 6.54 Å². The van der Waals surface area contributed by atoms with E-state index in [2.05, 4.69) is 5.32 Å². The minimum Gasteiger partial charge on any atom is -0.451 e. The van der Waals surface area contributed by atoms with Crippen molar-refractivity contribution in [2.45, 2.75) is 19.1 Å². The topological polar surface area (TPSA) is 88.5 Å². The lowest BCUT2D eigenvalue weighted by Crippen LogP contribution is -2.43. The van der Waals surface area contributed by atoms with E-state index in [1.54, 1.807) is 19.1 Å². The number of para-hydroxylation sites is 1. The van der Waals surface area contributed by atoms with Gasteiger partial charge < -0.3 is 20.6 Å². The van der Waals surface area contributed by atoms with E-state index in [9.17, 15) is 9.90 Å². The van der Waals surface area contributed by atoms with Crippen LogP contribution in [0.4, 0.5) is 0 Å². The zero-order valence-corrected chi connectivity index (χ0v) is 10.1. The number of benzene rings is 1. The SMILES string of the molecule is CC(O)C(N)CNC(=O)c1cc2ccccc2o1. The molecule has 0 fully saturated rings. The fourth-order valence-electron chi connectivity index (χ4n) is 1.56. The molecule has 1 amide bonds. The fourth-order valence-corrected chi connectivity index (χ4v) is 1.56. The van der Waals surface area contributed by atoms with Crippen LogP contribution in [0.25, 0.3) is 11.0 Å². The van der Waals surface area contributed by atoms with Crippen LogP contribution in [0.2, 0.25) is 0 Å². The summed E-state index contributed by atoms with van der Waals surface area (Å²) in [5, 5.41) is 12.7. The third-order valence-corrected chi connectivity index (χ3v) is 2.77. The molecule has 0 aliphatic carbocycles. The number of nitrogens with one attached hydrogen (secondary N) is 1. The minimum atomic E-state index is -0.666. The molecule has 2 aromatic rings. The van der Waals surface area contributed by atoms with Crippen LogP contribution in [0.15, 0.2) is 34.7 Å². The second-order valence-corrected chi connectivity index (χ2v) is 4.26. The van der Waals surface area contributed by atoms with E-state index >= 15 is 0 Å². The van der Waals surface area contributed by atoms with E-state index in [4.69, 9.17) is 10.2 Å². The van der Waals surface area contributed by atoms with Crippen LogP contribution in [0.5, 0.6) is 0 Å². The number of hydrogen-bond acceptors (Lipinski definition) is 4. The van der Waals surface area contributed by atoms with E-state index in [-0.39, 0.29) is 18.2 Å². The predicted molar refractivity (Wildman–Crippen MR) is 68.2 cm³/mol. The van der Waals surface area contributed by atoms with E-state index in [0.717, 1.165) is 5.39 Å². The Labute approximate surface area is 105 Å². The van der Waals surface area contributed by atoms with Crippen LogP contribution < -0.4 is 11.1 Å². The maximum atomic E-state index is 11.8. The van der Waals surface area contributed by atoms with Crippen molar-refractivity contribution in [3.63, 3.8) is 0 Å². The zero-order chi connectivity index (χ0) is 13.1. The van der Waals surface area contributed by atoms with Crippen molar-refractivity contribution >= 4 is 16.9 Å². The van der Waals surface area contributed by atoms with Crippen LogP contribution in [-0.4, -0.2) is 29.7 Å². The Morgan fingerprint density at radius 1 is 1.50 bits per heavy atom. The van der Waals surface area contributed by atoms with Crippen LogP contribution in [-0.2, 0) is 0 Å². The van der Waals surface area contributed by atoms with Gasteiger partial charge in [0.05, 0.1) is 6.10 Å². The monoisotopic (exact) mass is 248 g/mol. The van der Waals surface area contributed by atoms with Crippen molar-refractivity contribution in [2.24, 2.45) is 5.73 Å². The lowest BCUT2D eigenvalue weighted by atomic mass is 10.2. The number of aliphatic hydroxyl groups excluding tert-OH is 1. The molecular formula is C13H16N2O3. The molecule has 0 aliphatic heterocycles. The van der Waals surface area contributed by atoms with Gasteiger partial charge >= 0.3 is 0 Å². The Morgan fingerprint density at radius 2 is 2.22 bits per heavy atom. The van der Waals surface area contributed by atoms with E-state index < -0.39 is 12.1 Å². The molecule has 5 nitrogen and oxygen atoms in total. The highest BCUT2D eigenvalue weighted by atomic mass is 16.3. The van der Waals surface area contributed by atoms with Gasteiger partial charge in [-0.15, -0.1) is 0 Å². The number of rotatable bonds is 4. The highest BCUT2D eigenvalue weighted by Gasteiger charge is 2.14. The molecule has 96 valence electrons. The third kappa shape index (κ3) is 2.69. The number of fused-ring (bicyclic) bond motifs is 1. The number of hydrogen-bond donors (Lipinski definition) is 3. The minimum absolute atomic E-state index is 0.202. The van der Waals surface area contributed by atoms with Gasteiger partial charge in [0, 0.05) is 18.0 Å². The number of nitrogens with two attached hydrogens (primary N) is 1. The molecule has 1 aromatic heterocycles. The van der Waals surface area contributed by atoms with E-state index in [1.807, 2.05) is 18.2 Å². The normalized spacial score (nSPS) is 14.4. The molecule has 2 unspecified atom stereocenters. The summed E-state index contributed by atoms with van der Waals surface area (Å²) in [6.07, 6.45) is -0.666. The predicted octanol–water partition coefficient (Wildman–Crippen LogP) is 0.871. The fraction of sp³-hybridized carbons (Fsp3) is 0.308. The molecule has 1 aromatic carbocycles. The molecular weight excluding hydrogens is 232 g/mol. The van der Waals surface area contributed by atoms with Gasteiger partial charge in [0.2, 0.25) is 0 Å². The van der Waals surface area contributed by atoms with Crippen LogP contribution in [0, 0.1) is 0 Å². The van der Waals surface area contributed by atoms with Crippen molar-refractivity contribution < 1.29 is 14.3 Å². The Bertz CT molecular complexity index is 515. The summed E-state index contributed by atoms with van der Waals surface area (Å²) in [7, 11) is 0. The first-order chi connectivity index (χ1) is 8.58. The van der Waals surface area contributed by atoms with Gasteiger partial charge in [-0.25, -0.2) is 0 Å². The quantitative estimate of drug-likeness (QED) is 0.749. The maximum absolute atomic E-state index is 11.8. The average Bonchev–Trinajstić information content (AvgIpc) is 2.79. The second-order valence-electron chi connectivity index (χ2n) is 4.26. The first-order valence-corrected chi connectivity index (χ1v) is 5.78. The van der Waals surface area contributed by atoms with Gasteiger partial charge in [-0.2, -0.15) is 0 Å². The summed E-state index contributed by atoms with van der Waals surface area (Å²) in [5.74, 6) is -0.0868. The smallest absolute Gasteiger partial charge is 0.287 e. The average molecular weight is 248 g/mol. The summed E-state index contributed by atoms with van der Waals surface area (Å²) < 4.78 is 5.41. The number of carbonyl (C=O) groups is 1. The Hall–Kier alpha value is -1.85. The van der Waals surface area contributed by atoms with Crippen LogP contribution in [0.1, 0.15) is 17.5 Å². The molecule has 4 N–H and O–H groups in total. The highest BCUT2D eigenvalue weighted by molar-refractivity contribution is 5.96. The van der Waals surface area contributed by atoms with Crippen LogP contribution in [0.3, 0.4) is 0 Å². The molecule has 0 radical (unpaired) electrons. The lowest BCUT2D eigenvalue weighted by molar-refractivity contribution is 0.0912. The Kier molecular flexibility index (Phi) is 3.64. The first-order valence-electron chi connectivity index (χ1n) is 5.78. The van der Waals surface area contributed by atoms with Crippen molar-refractivity contribution in [1.29, 1.82) is 0 Å². The lowest BCUT2D eigenvalue weighted by Gasteiger charge is -2.14. The van der Waals surface area contributed by atoms with Gasteiger partial charge in [-0.05, 0) is 19.1 Å². The second kappa shape index (κ2) is 5.20. The molecule has 0 saturated heterocycles. The highest BCUT2D eigenvalue weighted by Crippen LogP contribution is 2.18. The molecule has 2 atom stereocenters. The number of aliphatic hydroxyl groups is 1. The van der Waals surface area contributed by atoms with Gasteiger partial charge in [0.15, 0.2) is 5.76 Å². The van der Waals surface area contributed by atoms with Gasteiger partial charge in [0.25, 0.3) is 5.91 Å². The van der Waals surface area contributed by atoms with Gasteiger partial charge in [-0.1, -0.05) is 18.2 Å². The van der Waals surface area contributed by atoms with E-state index in [0.29, 0.717) is 5.58 Å². The summed E-state index contributed by atoms with van der Waals surface area (Å²) in [4.78, 5) is 11.8. The van der Waals surface area contributed by atoms with Crippen LogP contribution >= 0.6 is 0 Å². The molecule has 2 rings (SSSR count). The Balaban J connectivity index is 2.05. The first kappa shape index (κ1) is 12.6.